The number of carbonyl (C=O) groups excluding carboxylic acids is 5. The van der Waals surface area contributed by atoms with Gasteiger partial charge in [0.2, 0.25) is 5.91 Å². The van der Waals surface area contributed by atoms with E-state index in [1.165, 1.54) is 55.7 Å². The second kappa shape index (κ2) is 13.0. The van der Waals surface area contributed by atoms with Crippen molar-refractivity contribution in [2.75, 3.05) is 0 Å². The Hall–Kier alpha value is -3.65. The van der Waals surface area contributed by atoms with E-state index in [9.17, 15) is 34.2 Å². The lowest BCUT2D eigenvalue weighted by Gasteiger charge is -2.52. The molecule has 0 aliphatic heterocycles. The Kier molecular flexibility index (Phi) is 9.26. The minimum absolute atomic E-state index is 0.0331. The molecule has 6 atom stereocenters. The minimum Gasteiger partial charge on any atom is -0.507 e. The normalized spacial score (nSPS) is 31.8. The Morgan fingerprint density at radius 2 is 1.65 bits per heavy atom. The molecule has 2 unspecified atom stereocenters. The van der Waals surface area contributed by atoms with E-state index in [0.717, 1.165) is 29.9 Å². The third-order valence-electron chi connectivity index (χ3n) is 12.3. The van der Waals surface area contributed by atoms with Crippen molar-refractivity contribution in [1.82, 2.24) is 0 Å². The second-order valence-corrected chi connectivity index (χ2v) is 15.4. The molecular formula is C40H49NO7. The van der Waals surface area contributed by atoms with Gasteiger partial charge in [-0.2, -0.15) is 0 Å². The van der Waals surface area contributed by atoms with Crippen LogP contribution >= 0.6 is 0 Å². The molecule has 0 bridgehead atoms. The number of phenolic OH excluding ortho intramolecular Hbond substituents is 1. The number of Topliss-reactive ketones (excluding diaryl/α,β-unsaturated/α-hetero) is 4. The summed E-state index contributed by atoms with van der Waals surface area (Å²) >= 11 is 0. The highest BCUT2D eigenvalue weighted by atomic mass is 16.3. The number of amides is 1. The molecule has 2 aromatic rings. The molecule has 0 heterocycles. The van der Waals surface area contributed by atoms with Crippen molar-refractivity contribution in [3.05, 3.63) is 52.6 Å². The van der Waals surface area contributed by atoms with Crippen LogP contribution in [-0.2, 0) is 38.4 Å². The molecule has 3 saturated carbocycles. The van der Waals surface area contributed by atoms with Crippen molar-refractivity contribution < 1.29 is 34.2 Å². The summed E-state index contributed by atoms with van der Waals surface area (Å²) < 4.78 is 0. The standard InChI is InChI=1S/C40H49NO7/c1-5-7-21-8-10-22(11-9-21)16-25-17-24(13-12-23(25)6-2)27-14-15-30(42)33-28(27)18-26-19-29-31(20(3)4)35(43)34(39(41)47)38(46)40(29,48)37(45)32(26)36(33)44/h12-15,17,20-22,26,29,31-32,34,42,48H,5-11,16,18-19H2,1-4H3,(H2,41,47)/t21?,22?,26-,29-,31-,32?,34?,40-/m0/s1. The predicted molar refractivity (Wildman–Crippen MR) is 181 cm³/mol. The number of primary amides is 1. The predicted octanol–water partition coefficient (Wildman–Crippen LogP) is 5.59. The van der Waals surface area contributed by atoms with E-state index in [-0.39, 0.29) is 24.2 Å². The summed E-state index contributed by atoms with van der Waals surface area (Å²) in [6, 6.07) is 9.74. The van der Waals surface area contributed by atoms with Crippen molar-refractivity contribution in [3.8, 4) is 16.9 Å². The van der Waals surface area contributed by atoms with Gasteiger partial charge in [0.05, 0.1) is 11.5 Å². The zero-order valence-electron chi connectivity index (χ0n) is 28.6. The van der Waals surface area contributed by atoms with E-state index >= 15 is 0 Å². The molecule has 1 amide bonds. The van der Waals surface area contributed by atoms with Gasteiger partial charge in [-0.1, -0.05) is 77.6 Å². The monoisotopic (exact) mass is 655 g/mol. The molecule has 8 nitrogen and oxygen atoms in total. The summed E-state index contributed by atoms with van der Waals surface area (Å²) in [4.78, 5) is 67.7. The zero-order chi connectivity index (χ0) is 34.7. The molecule has 48 heavy (non-hydrogen) atoms. The van der Waals surface area contributed by atoms with Crippen molar-refractivity contribution in [3.63, 3.8) is 0 Å². The SMILES string of the molecule is CCCC1CCC(Cc2cc(-c3ccc(O)c4c3C[C@H]3C[C@H]5[C@H](C(C)C)C(=O)C(C(N)=O)C(=O)[C@@]5(O)C(=O)C3C4=O)ccc2CC)CC1. The molecule has 8 heteroatoms. The molecule has 256 valence electrons. The van der Waals surface area contributed by atoms with Crippen LogP contribution in [-0.4, -0.2) is 44.9 Å². The summed E-state index contributed by atoms with van der Waals surface area (Å²) in [5.41, 5.74) is 7.78. The van der Waals surface area contributed by atoms with Crippen LogP contribution in [0.3, 0.4) is 0 Å². The number of hydrogen-bond acceptors (Lipinski definition) is 7. The highest BCUT2D eigenvalue weighted by Gasteiger charge is 2.69. The topological polar surface area (TPSA) is 152 Å². The Labute approximate surface area is 282 Å². The maximum absolute atomic E-state index is 14.2. The van der Waals surface area contributed by atoms with Gasteiger partial charge < -0.3 is 15.9 Å². The van der Waals surface area contributed by atoms with Crippen LogP contribution in [0.1, 0.15) is 99.7 Å². The number of aromatic hydroxyl groups is 1. The summed E-state index contributed by atoms with van der Waals surface area (Å²) in [7, 11) is 0. The highest BCUT2D eigenvalue weighted by Crippen LogP contribution is 2.54. The lowest BCUT2D eigenvalue weighted by Crippen LogP contribution is -2.71. The first-order valence-corrected chi connectivity index (χ1v) is 18.0. The van der Waals surface area contributed by atoms with Gasteiger partial charge in [-0.15, -0.1) is 0 Å². The fraction of sp³-hybridized carbons (Fsp3) is 0.575. The number of ketones is 4. The van der Waals surface area contributed by atoms with E-state index in [4.69, 9.17) is 5.73 Å². The first-order chi connectivity index (χ1) is 22.8. The third-order valence-corrected chi connectivity index (χ3v) is 12.3. The molecule has 4 aliphatic rings. The van der Waals surface area contributed by atoms with Crippen molar-refractivity contribution in [2.24, 2.45) is 53.1 Å². The Morgan fingerprint density at radius 3 is 2.27 bits per heavy atom. The average Bonchev–Trinajstić information content (AvgIpc) is 3.03. The molecule has 0 radical (unpaired) electrons. The third kappa shape index (κ3) is 5.44. The van der Waals surface area contributed by atoms with Crippen LogP contribution in [0.4, 0.5) is 0 Å². The number of rotatable bonds is 8. The van der Waals surface area contributed by atoms with Crippen LogP contribution in [0.25, 0.3) is 11.1 Å². The first kappa shape index (κ1) is 34.2. The number of phenols is 1. The Bertz CT molecular complexity index is 1670. The van der Waals surface area contributed by atoms with E-state index < -0.39 is 70.1 Å². The molecule has 3 fully saturated rings. The maximum Gasteiger partial charge on any atom is 0.235 e. The van der Waals surface area contributed by atoms with Crippen LogP contribution < -0.4 is 5.73 Å². The van der Waals surface area contributed by atoms with Crippen molar-refractivity contribution in [1.29, 1.82) is 0 Å². The number of nitrogens with two attached hydrogens (primary N) is 1. The molecule has 6 rings (SSSR count). The Balaban J connectivity index is 1.37. The summed E-state index contributed by atoms with van der Waals surface area (Å²) in [6.45, 7) is 7.92. The molecule has 0 aromatic heterocycles. The number of aliphatic hydroxyl groups is 1. The van der Waals surface area contributed by atoms with E-state index in [1.807, 2.05) is 6.07 Å². The number of aryl methyl sites for hydroxylation is 1. The van der Waals surface area contributed by atoms with Gasteiger partial charge in [0.15, 0.2) is 34.7 Å². The molecule has 4 aliphatic carbocycles. The van der Waals surface area contributed by atoms with Gasteiger partial charge in [-0.05, 0) is 96.1 Å². The average molecular weight is 656 g/mol. The minimum atomic E-state index is -2.69. The van der Waals surface area contributed by atoms with Gasteiger partial charge >= 0.3 is 0 Å². The lowest BCUT2D eigenvalue weighted by molar-refractivity contribution is -0.182. The number of fused-ring (bicyclic) bond motifs is 3. The van der Waals surface area contributed by atoms with Crippen LogP contribution in [0.2, 0.25) is 0 Å². The smallest absolute Gasteiger partial charge is 0.235 e. The number of hydrogen-bond donors (Lipinski definition) is 3. The van der Waals surface area contributed by atoms with E-state index in [0.29, 0.717) is 11.5 Å². The molecule has 0 spiro atoms. The van der Waals surface area contributed by atoms with Gasteiger partial charge in [0, 0.05) is 11.8 Å². The quantitative estimate of drug-likeness (QED) is 0.314. The first-order valence-electron chi connectivity index (χ1n) is 18.0. The molecule has 0 saturated heterocycles. The van der Waals surface area contributed by atoms with Gasteiger partial charge in [-0.3, -0.25) is 24.0 Å². The Morgan fingerprint density at radius 1 is 0.958 bits per heavy atom. The summed E-state index contributed by atoms with van der Waals surface area (Å²) in [6.07, 6.45) is 9.80. The van der Waals surface area contributed by atoms with Gasteiger partial charge in [0.25, 0.3) is 0 Å². The van der Waals surface area contributed by atoms with Crippen molar-refractivity contribution in [2.45, 2.75) is 97.5 Å². The number of benzene rings is 2. The molecule has 2 aromatic carbocycles. The van der Waals surface area contributed by atoms with Crippen molar-refractivity contribution >= 4 is 29.0 Å². The van der Waals surface area contributed by atoms with Crippen LogP contribution in [0.5, 0.6) is 5.75 Å². The second-order valence-electron chi connectivity index (χ2n) is 15.4. The lowest BCUT2D eigenvalue weighted by atomic mass is 9.49. The largest absolute Gasteiger partial charge is 0.507 e. The van der Waals surface area contributed by atoms with Crippen LogP contribution in [0, 0.1) is 47.3 Å². The van der Waals surface area contributed by atoms with Gasteiger partial charge in [0.1, 0.15) is 5.75 Å². The van der Waals surface area contributed by atoms with E-state index in [2.05, 4.69) is 32.0 Å². The fourth-order valence-corrected chi connectivity index (χ4v) is 9.90. The number of carbonyl (C=O) groups is 5. The fourth-order valence-electron chi connectivity index (χ4n) is 9.90. The van der Waals surface area contributed by atoms with Gasteiger partial charge in [-0.25, -0.2) is 0 Å². The zero-order valence-corrected chi connectivity index (χ0v) is 28.6. The summed E-state index contributed by atoms with van der Waals surface area (Å²) in [5.74, 6) is -9.92. The van der Waals surface area contributed by atoms with Crippen LogP contribution in [0.15, 0.2) is 30.3 Å². The highest BCUT2D eigenvalue weighted by molar-refractivity contribution is 6.32. The molecule has 4 N–H and O–H groups in total. The summed E-state index contributed by atoms with van der Waals surface area (Å²) in [5, 5.41) is 22.9. The molecular weight excluding hydrogens is 606 g/mol. The van der Waals surface area contributed by atoms with E-state index in [1.54, 1.807) is 13.8 Å². The maximum atomic E-state index is 14.2.